The molecule has 4 aromatic rings. The van der Waals surface area contributed by atoms with Gasteiger partial charge in [-0.05, 0) is 80.5 Å². The van der Waals surface area contributed by atoms with Crippen molar-refractivity contribution in [3.63, 3.8) is 0 Å². The van der Waals surface area contributed by atoms with Gasteiger partial charge in [-0.3, -0.25) is 13.4 Å². The van der Waals surface area contributed by atoms with Crippen LogP contribution in [0.1, 0.15) is 85.4 Å². The third-order valence-electron chi connectivity index (χ3n) is 13.4. The van der Waals surface area contributed by atoms with Crippen molar-refractivity contribution in [2.24, 2.45) is 10.9 Å². The number of phenolic OH excluding ortho intramolecular Hbond substituents is 1. The first-order valence-electron chi connectivity index (χ1n) is 21.5. The number of hydrogen-bond donors (Lipinski definition) is 5. The van der Waals surface area contributed by atoms with Crippen molar-refractivity contribution in [3.8, 4) is 5.75 Å². The molecule has 5 aliphatic heterocycles. The SMILES string of the molecule is O=S1CCc2nc(N3CCC(C4=NCc5ccccc54)CC3)nc(NC3(CO)CC3)c21.O=S1CCc2nc(N3CCC(c4cccc(O)c4)CC3)nc(NC3(CO)CC3)c21. The standard InChI is InChI=1S/C23H27N5O2S.C21H26N4O3S/c29-14-23(8-9-23)27-21-20-18(7-12-31(20)30)25-22(26-21)28-10-5-15(6-11-28)19-17-4-2-1-3-16(17)13-24-19;26-13-21(7-8-21)24-19-18-17(6-11-29(18)28)22-20(23-19)25-9-4-14(5-10-25)15-2-1-3-16(27)12-15/h1-4,15,29H,5-14H2,(H,25,26,27);1-3,12,14,26-27H,4-11,13H2,(H,22,23,24). The summed E-state index contributed by atoms with van der Waals surface area (Å²) in [5.41, 5.74) is 6.26. The van der Waals surface area contributed by atoms with Gasteiger partial charge in [0.1, 0.15) is 27.2 Å². The molecule has 2 unspecified atom stereocenters. The van der Waals surface area contributed by atoms with Gasteiger partial charge in [0.25, 0.3) is 0 Å². The molecular weight excluding hydrogens is 799 g/mol. The van der Waals surface area contributed by atoms with Gasteiger partial charge in [0.15, 0.2) is 0 Å². The van der Waals surface area contributed by atoms with Crippen molar-refractivity contribution in [2.75, 3.05) is 71.3 Å². The summed E-state index contributed by atoms with van der Waals surface area (Å²) in [6.07, 6.45) is 9.07. The topological polar surface area (TPSA) is 189 Å². The summed E-state index contributed by atoms with van der Waals surface area (Å²) in [4.78, 5) is 29.9. The van der Waals surface area contributed by atoms with Crippen LogP contribution in [0, 0.1) is 5.92 Å². The molecule has 316 valence electrons. The summed E-state index contributed by atoms with van der Waals surface area (Å²) in [5, 5.41) is 36.0. The fraction of sp³-hybridized carbons (Fsp3) is 0.523. The van der Waals surface area contributed by atoms with Crippen molar-refractivity contribution in [1.82, 2.24) is 19.9 Å². The monoisotopic (exact) mass is 851 g/mol. The van der Waals surface area contributed by atoms with E-state index in [4.69, 9.17) is 24.9 Å². The third-order valence-corrected chi connectivity index (χ3v) is 16.3. The van der Waals surface area contributed by atoms with E-state index >= 15 is 0 Å². The highest BCUT2D eigenvalue weighted by Crippen LogP contribution is 2.43. The van der Waals surface area contributed by atoms with Crippen LogP contribution in [0.5, 0.6) is 5.75 Å². The molecule has 60 heavy (non-hydrogen) atoms. The lowest BCUT2D eigenvalue weighted by Gasteiger charge is -2.33. The van der Waals surface area contributed by atoms with Crippen LogP contribution in [0.4, 0.5) is 23.5 Å². The van der Waals surface area contributed by atoms with Crippen LogP contribution in [-0.2, 0) is 41.0 Å². The quantitative estimate of drug-likeness (QED) is 0.151. The molecule has 5 N–H and O–H groups in total. The molecule has 0 radical (unpaired) electrons. The highest BCUT2D eigenvalue weighted by Gasteiger charge is 2.45. The van der Waals surface area contributed by atoms with E-state index in [0.717, 1.165) is 118 Å². The van der Waals surface area contributed by atoms with E-state index < -0.39 is 21.6 Å². The lowest BCUT2D eigenvalue weighted by atomic mass is 9.88. The molecule has 2 aromatic heterocycles. The van der Waals surface area contributed by atoms with E-state index in [1.54, 1.807) is 6.07 Å². The average molecular weight is 852 g/mol. The Balaban J connectivity index is 0.000000145. The van der Waals surface area contributed by atoms with Crippen LogP contribution in [0.25, 0.3) is 0 Å². The Bertz CT molecular complexity index is 2370. The Morgan fingerprint density at radius 1 is 0.683 bits per heavy atom. The van der Waals surface area contributed by atoms with Gasteiger partial charge < -0.3 is 35.8 Å². The predicted octanol–water partition coefficient (Wildman–Crippen LogP) is 4.46. The second kappa shape index (κ2) is 16.1. The van der Waals surface area contributed by atoms with Crippen molar-refractivity contribution in [1.29, 1.82) is 0 Å². The van der Waals surface area contributed by atoms with Gasteiger partial charge in [0.05, 0.1) is 63.8 Å². The Morgan fingerprint density at radius 2 is 1.22 bits per heavy atom. The zero-order chi connectivity index (χ0) is 41.0. The molecule has 0 spiro atoms. The lowest BCUT2D eigenvalue weighted by molar-refractivity contribution is 0.265. The van der Waals surface area contributed by atoms with E-state index in [-0.39, 0.29) is 24.3 Å². The molecule has 7 heterocycles. The number of aliphatic hydroxyl groups is 2. The molecule has 2 saturated heterocycles. The largest absolute Gasteiger partial charge is 0.508 e. The molecule has 4 fully saturated rings. The lowest BCUT2D eigenvalue weighted by Crippen LogP contribution is -2.38. The maximum atomic E-state index is 12.6. The molecule has 2 aliphatic carbocycles. The normalized spacial score (nSPS) is 23.5. The van der Waals surface area contributed by atoms with Crippen LogP contribution < -0.4 is 20.4 Å². The van der Waals surface area contributed by atoms with E-state index in [9.17, 15) is 23.7 Å². The number of nitrogens with zero attached hydrogens (tertiary/aromatic N) is 7. The number of aliphatic imine (C=N–C) groups is 1. The molecule has 11 rings (SSSR count). The number of hydrogen-bond acceptors (Lipinski definition) is 14. The number of aromatic hydroxyl groups is 1. The number of anilines is 4. The number of rotatable bonds is 10. The van der Waals surface area contributed by atoms with Crippen molar-refractivity contribution < 1.29 is 23.7 Å². The summed E-state index contributed by atoms with van der Waals surface area (Å²) < 4.78 is 25.1. The summed E-state index contributed by atoms with van der Waals surface area (Å²) >= 11 is 0. The molecular formula is C44H53N9O5S2. The average Bonchev–Trinajstić information content (AvgIpc) is 4.09. The highest BCUT2D eigenvalue weighted by atomic mass is 32.2. The Labute approximate surface area is 355 Å². The Hall–Kier alpha value is -4.51. The number of aliphatic hydroxyl groups excluding tert-OH is 2. The van der Waals surface area contributed by atoms with Crippen LogP contribution >= 0.6 is 0 Å². The third kappa shape index (κ3) is 7.80. The van der Waals surface area contributed by atoms with Crippen molar-refractivity contribution in [3.05, 3.63) is 76.6 Å². The van der Waals surface area contributed by atoms with Crippen LogP contribution in [0.15, 0.2) is 63.3 Å². The number of phenols is 1. The second-order valence-electron chi connectivity index (χ2n) is 17.5. The number of benzene rings is 2. The Kier molecular flexibility index (Phi) is 10.6. The number of fused-ring (bicyclic) bond motifs is 3. The van der Waals surface area contributed by atoms with Gasteiger partial charge in [0, 0.05) is 67.7 Å². The Morgan fingerprint density at radius 3 is 1.73 bits per heavy atom. The summed E-state index contributed by atoms with van der Waals surface area (Å²) in [6.45, 7) is 4.39. The van der Waals surface area contributed by atoms with Crippen molar-refractivity contribution in [2.45, 2.75) is 97.5 Å². The predicted molar refractivity (Wildman–Crippen MR) is 233 cm³/mol. The van der Waals surface area contributed by atoms with E-state index in [2.05, 4.69) is 50.8 Å². The molecule has 16 heteroatoms. The van der Waals surface area contributed by atoms with Gasteiger partial charge in [-0.1, -0.05) is 36.4 Å². The minimum absolute atomic E-state index is 0.0586. The smallest absolute Gasteiger partial charge is 0.227 e. The molecule has 2 atom stereocenters. The number of nitrogens with one attached hydrogen (secondary N) is 2. The number of aryl methyl sites for hydroxylation is 2. The van der Waals surface area contributed by atoms with E-state index in [0.29, 0.717) is 53.1 Å². The number of piperidine rings is 2. The molecule has 7 aliphatic rings. The summed E-state index contributed by atoms with van der Waals surface area (Å²) in [7, 11) is -2.14. The molecule has 0 bridgehead atoms. The molecule has 2 aromatic carbocycles. The van der Waals surface area contributed by atoms with Gasteiger partial charge in [-0.2, -0.15) is 9.97 Å². The van der Waals surface area contributed by atoms with Gasteiger partial charge in [-0.25, -0.2) is 9.97 Å². The fourth-order valence-corrected chi connectivity index (χ4v) is 11.9. The first kappa shape index (κ1) is 39.6. The van der Waals surface area contributed by atoms with Gasteiger partial charge >= 0.3 is 0 Å². The van der Waals surface area contributed by atoms with E-state index in [1.807, 2.05) is 12.1 Å². The van der Waals surface area contributed by atoms with Crippen LogP contribution in [0.2, 0.25) is 0 Å². The van der Waals surface area contributed by atoms with Crippen molar-refractivity contribution >= 4 is 50.8 Å². The van der Waals surface area contributed by atoms with Gasteiger partial charge in [0.2, 0.25) is 11.9 Å². The minimum atomic E-state index is -1.08. The molecule has 14 nitrogen and oxygen atoms in total. The van der Waals surface area contributed by atoms with Crippen LogP contribution in [0.3, 0.4) is 0 Å². The summed E-state index contributed by atoms with van der Waals surface area (Å²) in [6, 6.07) is 16.1. The highest BCUT2D eigenvalue weighted by molar-refractivity contribution is 7.85. The second-order valence-corrected chi connectivity index (χ2v) is 20.5. The maximum Gasteiger partial charge on any atom is 0.227 e. The zero-order valence-corrected chi connectivity index (χ0v) is 35.4. The maximum absolute atomic E-state index is 12.6. The first-order chi connectivity index (χ1) is 29.2. The number of aromatic nitrogens is 4. The zero-order valence-electron chi connectivity index (χ0n) is 33.8. The molecule has 0 amide bonds. The van der Waals surface area contributed by atoms with Crippen LogP contribution in [-0.4, -0.2) is 111 Å². The first-order valence-corrected chi connectivity index (χ1v) is 24.1. The van der Waals surface area contributed by atoms with E-state index in [1.165, 1.54) is 22.4 Å². The molecule has 2 saturated carbocycles. The summed E-state index contributed by atoms with van der Waals surface area (Å²) in [5.74, 6) is 5.12. The van der Waals surface area contributed by atoms with Gasteiger partial charge in [-0.15, -0.1) is 0 Å². The minimum Gasteiger partial charge on any atom is -0.508 e. The fourth-order valence-electron chi connectivity index (χ4n) is 9.33.